The molecule has 96 valence electrons. The predicted octanol–water partition coefficient (Wildman–Crippen LogP) is 4.12. The van der Waals surface area contributed by atoms with Crippen LogP contribution < -0.4 is 5.32 Å². The van der Waals surface area contributed by atoms with Crippen molar-refractivity contribution in [1.82, 2.24) is 0 Å². The van der Waals surface area contributed by atoms with Crippen molar-refractivity contribution in [2.45, 2.75) is 25.8 Å². The van der Waals surface area contributed by atoms with Crippen molar-refractivity contribution in [2.24, 2.45) is 0 Å². The summed E-state index contributed by atoms with van der Waals surface area (Å²) in [5, 5.41) is 14.0. The summed E-state index contributed by atoms with van der Waals surface area (Å²) >= 11 is 11.9. The number of nitro benzene ring substituents is 1. The zero-order chi connectivity index (χ0) is 13.7. The van der Waals surface area contributed by atoms with E-state index < -0.39 is 4.92 Å². The molecule has 0 saturated carbocycles. The third kappa shape index (κ3) is 3.52. The van der Waals surface area contributed by atoms with E-state index in [4.69, 9.17) is 29.6 Å². The van der Waals surface area contributed by atoms with Crippen LogP contribution >= 0.6 is 23.2 Å². The molecule has 1 aromatic rings. The van der Waals surface area contributed by atoms with E-state index in [1.54, 1.807) is 0 Å². The van der Waals surface area contributed by atoms with Gasteiger partial charge in [0.25, 0.3) is 5.69 Å². The first-order valence-corrected chi connectivity index (χ1v) is 6.11. The largest absolute Gasteiger partial charge is 0.369 e. The van der Waals surface area contributed by atoms with E-state index in [2.05, 4.69) is 11.2 Å². The summed E-state index contributed by atoms with van der Waals surface area (Å²) in [6, 6.07) is 2.29. The summed E-state index contributed by atoms with van der Waals surface area (Å²) in [5.74, 6) is 2.58. The van der Waals surface area contributed by atoms with Crippen LogP contribution in [-0.2, 0) is 0 Å². The minimum absolute atomic E-state index is 0.150. The van der Waals surface area contributed by atoms with Crippen LogP contribution in [0.25, 0.3) is 0 Å². The minimum Gasteiger partial charge on any atom is -0.369 e. The van der Waals surface area contributed by atoms with Gasteiger partial charge in [0.2, 0.25) is 0 Å². The second-order valence-electron chi connectivity index (χ2n) is 3.69. The van der Waals surface area contributed by atoms with Gasteiger partial charge in [0.1, 0.15) is 0 Å². The Kier molecular flexibility index (Phi) is 5.26. The molecule has 0 amide bonds. The predicted molar refractivity (Wildman–Crippen MR) is 74.3 cm³/mol. The molecule has 0 aliphatic rings. The zero-order valence-corrected chi connectivity index (χ0v) is 11.3. The van der Waals surface area contributed by atoms with Crippen molar-refractivity contribution in [3.63, 3.8) is 0 Å². The molecule has 0 bridgehead atoms. The van der Waals surface area contributed by atoms with Crippen molar-refractivity contribution in [3.8, 4) is 12.3 Å². The maximum Gasteiger partial charge on any atom is 0.272 e. The molecule has 1 rings (SSSR count). The second-order valence-corrected chi connectivity index (χ2v) is 4.51. The van der Waals surface area contributed by atoms with E-state index >= 15 is 0 Å². The number of nitrogens with zero attached hydrogens (tertiary/aromatic N) is 1. The topological polar surface area (TPSA) is 55.2 Å². The Balaban J connectivity index is 3.04. The molecule has 0 aliphatic heterocycles. The number of terminal acetylenes is 1. The Morgan fingerprint density at radius 3 is 2.44 bits per heavy atom. The Morgan fingerprint density at radius 2 is 2.06 bits per heavy atom. The van der Waals surface area contributed by atoms with Gasteiger partial charge in [0.15, 0.2) is 0 Å². The van der Waals surface area contributed by atoms with Gasteiger partial charge in [-0.1, -0.05) is 42.5 Å². The molecule has 0 aromatic heterocycles. The monoisotopic (exact) mass is 286 g/mol. The van der Waals surface area contributed by atoms with Crippen LogP contribution in [0.3, 0.4) is 0 Å². The van der Waals surface area contributed by atoms with Gasteiger partial charge in [0.05, 0.1) is 26.7 Å². The van der Waals surface area contributed by atoms with Crippen molar-refractivity contribution >= 4 is 34.6 Å². The van der Waals surface area contributed by atoms with E-state index in [-0.39, 0.29) is 21.8 Å². The van der Waals surface area contributed by atoms with Crippen LogP contribution in [-0.4, -0.2) is 11.0 Å². The summed E-state index contributed by atoms with van der Waals surface area (Å²) in [6.45, 7) is 2.01. The molecule has 4 nitrogen and oxygen atoms in total. The normalized spacial score (nSPS) is 11.7. The van der Waals surface area contributed by atoms with Crippen molar-refractivity contribution in [3.05, 3.63) is 32.3 Å². The number of benzene rings is 1. The fraction of sp³-hybridized carbons (Fsp3) is 0.333. The first-order chi connectivity index (χ1) is 8.49. The van der Waals surface area contributed by atoms with Crippen LogP contribution in [0.4, 0.5) is 11.4 Å². The average Bonchev–Trinajstić information content (AvgIpc) is 2.31. The minimum atomic E-state index is -0.549. The highest BCUT2D eigenvalue weighted by molar-refractivity contribution is 6.39. The smallest absolute Gasteiger partial charge is 0.272 e. The Morgan fingerprint density at radius 1 is 1.50 bits per heavy atom. The third-order valence-electron chi connectivity index (χ3n) is 2.33. The van der Waals surface area contributed by atoms with Crippen molar-refractivity contribution in [2.75, 3.05) is 5.32 Å². The van der Waals surface area contributed by atoms with Gasteiger partial charge in [-0.15, -0.1) is 6.42 Å². The summed E-state index contributed by atoms with van der Waals surface area (Å²) in [6.07, 6.45) is 7.05. The maximum atomic E-state index is 10.6. The Hall–Kier alpha value is -1.44. The molecule has 18 heavy (non-hydrogen) atoms. The molecule has 0 fully saturated rings. The van der Waals surface area contributed by atoms with Gasteiger partial charge in [-0.25, -0.2) is 0 Å². The average molecular weight is 287 g/mol. The number of hydrogen-bond acceptors (Lipinski definition) is 3. The lowest BCUT2D eigenvalue weighted by Gasteiger charge is -2.15. The van der Waals surface area contributed by atoms with Crippen LogP contribution in [0, 0.1) is 22.5 Å². The molecule has 0 aliphatic carbocycles. The first-order valence-electron chi connectivity index (χ1n) is 5.35. The van der Waals surface area contributed by atoms with Crippen molar-refractivity contribution in [1.29, 1.82) is 0 Å². The molecular formula is C12H12Cl2N2O2. The first kappa shape index (κ1) is 14.6. The molecule has 6 heteroatoms. The standard InChI is InChI=1S/C12H12Cl2N2O2/c1-3-5-8(4-2)15-12-10(13)6-9(16(17)18)7-11(12)14/h2,6-8,15H,3,5H2,1H3. The van der Waals surface area contributed by atoms with E-state index in [9.17, 15) is 10.1 Å². The van der Waals surface area contributed by atoms with E-state index in [0.29, 0.717) is 5.69 Å². The van der Waals surface area contributed by atoms with Crippen LogP contribution in [0.2, 0.25) is 10.0 Å². The fourth-order valence-corrected chi connectivity index (χ4v) is 2.05. The highest BCUT2D eigenvalue weighted by atomic mass is 35.5. The van der Waals surface area contributed by atoms with E-state index in [1.165, 1.54) is 12.1 Å². The quantitative estimate of drug-likeness (QED) is 0.503. The van der Waals surface area contributed by atoms with Gasteiger partial charge in [-0.05, 0) is 6.42 Å². The number of anilines is 1. The molecule has 0 radical (unpaired) electrons. The van der Waals surface area contributed by atoms with Gasteiger partial charge in [0, 0.05) is 12.1 Å². The van der Waals surface area contributed by atoms with Crippen LogP contribution in [0.5, 0.6) is 0 Å². The van der Waals surface area contributed by atoms with E-state index in [1.807, 2.05) is 6.92 Å². The lowest BCUT2D eigenvalue weighted by Crippen LogP contribution is -2.17. The lowest BCUT2D eigenvalue weighted by atomic mass is 10.1. The summed E-state index contributed by atoms with van der Waals surface area (Å²) in [7, 11) is 0. The lowest BCUT2D eigenvalue weighted by molar-refractivity contribution is -0.384. The van der Waals surface area contributed by atoms with Crippen LogP contribution in [0.1, 0.15) is 19.8 Å². The van der Waals surface area contributed by atoms with Gasteiger partial charge >= 0.3 is 0 Å². The third-order valence-corrected chi connectivity index (χ3v) is 2.93. The SMILES string of the molecule is C#CC(CCC)Nc1c(Cl)cc([N+](=O)[O-])cc1Cl. The number of nitro groups is 1. The van der Waals surface area contributed by atoms with Gasteiger partial charge < -0.3 is 5.32 Å². The molecule has 0 spiro atoms. The van der Waals surface area contributed by atoms with Gasteiger partial charge in [-0.2, -0.15) is 0 Å². The summed E-state index contributed by atoms with van der Waals surface area (Å²) in [4.78, 5) is 10.1. The molecule has 1 N–H and O–H groups in total. The molecule has 1 unspecified atom stereocenters. The fourth-order valence-electron chi connectivity index (χ4n) is 1.46. The zero-order valence-electron chi connectivity index (χ0n) is 9.74. The second kappa shape index (κ2) is 6.48. The Bertz CT molecular complexity index is 474. The Labute approximate surface area is 115 Å². The van der Waals surface area contributed by atoms with Crippen LogP contribution in [0.15, 0.2) is 12.1 Å². The number of hydrogen-bond donors (Lipinski definition) is 1. The van der Waals surface area contributed by atoms with E-state index in [0.717, 1.165) is 12.8 Å². The summed E-state index contributed by atoms with van der Waals surface area (Å²) < 4.78 is 0. The highest BCUT2D eigenvalue weighted by Crippen LogP contribution is 2.35. The molecule has 0 heterocycles. The number of non-ortho nitro benzene ring substituents is 1. The van der Waals surface area contributed by atoms with Gasteiger partial charge in [-0.3, -0.25) is 10.1 Å². The molecule has 1 atom stereocenters. The molecule has 0 saturated heterocycles. The van der Waals surface area contributed by atoms with Crippen molar-refractivity contribution < 1.29 is 4.92 Å². The number of rotatable bonds is 5. The number of nitrogens with one attached hydrogen (secondary N) is 1. The summed E-state index contributed by atoms with van der Waals surface area (Å²) in [5.41, 5.74) is 0.281. The maximum absolute atomic E-state index is 10.6. The molecular weight excluding hydrogens is 275 g/mol. The molecule has 1 aromatic carbocycles. The number of halogens is 2. The highest BCUT2D eigenvalue weighted by Gasteiger charge is 2.16.